The third-order valence-electron chi connectivity index (χ3n) is 6.34. The van der Waals surface area contributed by atoms with E-state index in [-0.39, 0.29) is 36.2 Å². The van der Waals surface area contributed by atoms with E-state index in [4.69, 9.17) is 23.2 Å². The number of carbonyl (C=O) groups excluding carboxylic acids is 3. The number of nitrogens with zero attached hydrogens (tertiary/aromatic N) is 2. The monoisotopic (exact) mass is 527 g/mol. The van der Waals surface area contributed by atoms with Gasteiger partial charge < -0.3 is 9.88 Å². The molecule has 1 saturated carbocycles. The SMILES string of the molecule is O=C(Cn1cc(/C=C2\SC(=O)N(Cc3ccc(Cl)c(Cl)c3)C2=O)c2ccccc21)NC1CCCC1. The normalized spacial score (nSPS) is 17.8. The molecule has 3 aromatic rings. The molecule has 2 heterocycles. The number of rotatable bonds is 6. The quantitative estimate of drug-likeness (QED) is 0.385. The van der Waals surface area contributed by atoms with E-state index in [1.54, 1.807) is 24.3 Å². The Kier molecular flexibility index (Phi) is 6.91. The average Bonchev–Trinajstić information content (AvgIpc) is 3.53. The Morgan fingerprint density at radius 3 is 2.63 bits per heavy atom. The number of para-hydroxylation sites is 1. The molecule has 0 radical (unpaired) electrons. The molecule has 5 rings (SSSR count). The number of benzene rings is 2. The third kappa shape index (κ3) is 5.13. The van der Waals surface area contributed by atoms with Crippen LogP contribution < -0.4 is 5.32 Å². The lowest BCUT2D eigenvalue weighted by Crippen LogP contribution is -2.35. The molecular weight excluding hydrogens is 505 g/mol. The van der Waals surface area contributed by atoms with Crippen molar-refractivity contribution in [3.8, 4) is 0 Å². The van der Waals surface area contributed by atoms with Gasteiger partial charge in [0.1, 0.15) is 6.54 Å². The van der Waals surface area contributed by atoms with Crippen LogP contribution in [0.25, 0.3) is 17.0 Å². The molecule has 9 heteroatoms. The van der Waals surface area contributed by atoms with Gasteiger partial charge in [0, 0.05) is 28.7 Å². The highest BCUT2D eigenvalue weighted by molar-refractivity contribution is 8.18. The van der Waals surface area contributed by atoms with Crippen LogP contribution in [0.1, 0.15) is 36.8 Å². The minimum atomic E-state index is -0.359. The first-order valence-electron chi connectivity index (χ1n) is 11.5. The summed E-state index contributed by atoms with van der Waals surface area (Å²) in [5.41, 5.74) is 2.40. The Bertz CT molecular complexity index is 1360. The first-order chi connectivity index (χ1) is 16.9. The molecule has 1 N–H and O–H groups in total. The Balaban J connectivity index is 1.38. The van der Waals surface area contributed by atoms with Gasteiger partial charge >= 0.3 is 0 Å². The van der Waals surface area contributed by atoms with Gasteiger partial charge in [-0.15, -0.1) is 0 Å². The van der Waals surface area contributed by atoms with E-state index in [9.17, 15) is 14.4 Å². The van der Waals surface area contributed by atoms with Crippen LogP contribution >= 0.6 is 35.0 Å². The first kappa shape index (κ1) is 24.0. The Morgan fingerprint density at radius 1 is 1.09 bits per heavy atom. The topological polar surface area (TPSA) is 71.4 Å². The van der Waals surface area contributed by atoms with E-state index in [0.29, 0.717) is 20.5 Å². The Labute approximate surface area is 217 Å². The zero-order valence-electron chi connectivity index (χ0n) is 18.8. The predicted molar refractivity (Wildman–Crippen MR) is 140 cm³/mol. The molecule has 2 aliphatic rings. The molecule has 0 spiro atoms. The van der Waals surface area contributed by atoms with Gasteiger partial charge in [-0.05, 0) is 54.4 Å². The number of halogens is 2. The molecule has 1 aliphatic heterocycles. The minimum Gasteiger partial charge on any atom is -0.352 e. The smallest absolute Gasteiger partial charge is 0.293 e. The highest BCUT2D eigenvalue weighted by atomic mass is 35.5. The van der Waals surface area contributed by atoms with Crippen LogP contribution in [0.3, 0.4) is 0 Å². The first-order valence-corrected chi connectivity index (χ1v) is 13.0. The summed E-state index contributed by atoms with van der Waals surface area (Å²) in [5, 5.41) is 4.48. The Morgan fingerprint density at radius 2 is 1.86 bits per heavy atom. The van der Waals surface area contributed by atoms with Crippen molar-refractivity contribution in [2.75, 3.05) is 0 Å². The average molecular weight is 528 g/mol. The fraction of sp³-hybridized carbons (Fsp3) is 0.269. The van der Waals surface area contributed by atoms with Gasteiger partial charge in [0.25, 0.3) is 11.1 Å². The maximum absolute atomic E-state index is 13.1. The van der Waals surface area contributed by atoms with Crippen LogP contribution in [0.4, 0.5) is 4.79 Å². The zero-order valence-corrected chi connectivity index (χ0v) is 21.1. The second-order valence-electron chi connectivity index (χ2n) is 8.79. The molecule has 35 heavy (non-hydrogen) atoms. The predicted octanol–water partition coefficient (Wildman–Crippen LogP) is 6.24. The molecule has 6 nitrogen and oxygen atoms in total. The summed E-state index contributed by atoms with van der Waals surface area (Å²) < 4.78 is 1.89. The second kappa shape index (κ2) is 10.1. The highest BCUT2D eigenvalue weighted by Gasteiger charge is 2.35. The van der Waals surface area contributed by atoms with Crippen LogP contribution in [0, 0.1) is 0 Å². The van der Waals surface area contributed by atoms with E-state index in [1.165, 1.54) is 4.90 Å². The van der Waals surface area contributed by atoms with Crippen molar-refractivity contribution in [1.82, 2.24) is 14.8 Å². The third-order valence-corrected chi connectivity index (χ3v) is 7.98. The Hall–Kier alpha value is -2.74. The fourth-order valence-corrected chi connectivity index (χ4v) is 5.77. The van der Waals surface area contributed by atoms with Gasteiger partial charge in [-0.2, -0.15) is 0 Å². The summed E-state index contributed by atoms with van der Waals surface area (Å²) in [6, 6.07) is 13.0. The lowest BCUT2D eigenvalue weighted by molar-refractivity contribution is -0.123. The van der Waals surface area contributed by atoms with Gasteiger partial charge in [0.2, 0.25) is 5.91 Å². The molecule has 0 unspecified atom stereocenters. The van der Waals surface area contributed by atoms with E-state index < -0.39 is 0 Å². The van der Waals surface area contributed by atoms with Crippen LogP contribution in [0.5, 0.6) is 0 Å². The van der Waals surface area contributed by atoms with E-state index >= 15 is 0 Å². The fourth-order valence-electron chi connectivity index (χ4n) is 4.62. The lowest BCUT2D eigenvalue weighted by atomic mass is 10.1. The molecule has 0 atom stereocenters. The number of nitrogens with one attached hydrogen (secondary N) is 1. The number of hydrogen-bond acceptors (Lipinski definition) is 4. The summed E-state index contributed by atoms with van der Waals surface area (Å²) in [7, 11) is 0. The van der Waals surface area contributed by atoms with E-state index in [1.807, 2.05) is 35.0 Å². The molecule has 1 saturated heterocycles. The lowest BCUT2D eigenvalue weighted by Gasteiger charge is -2.13. The van der Waals surface area contributed by atoms with Crippen LogP contribution in [-0.2, 0) is 22.7 Å². The molecule has 0 bridgehead atoms. The van der Waals surface area contributed by atoms with E-state index in [2.05, 4.69) is 5.32 Å². The van der Waals surface area contributed by atoms with Crippen LogP contribution in [0.2, 0.25) is 10.0 Å². The molecule has 1 aromatic heterocycles. The standard InChI is InChI=1S/C26H23Cl2N3O3S/c27-20-10-9-16(11-21(20)28)13-31-25(33)23(35-26(31)34)12-17-14-30(22-8-4-3-7-19(17)22)15-24(32)29-18-5-1-2-6-18/h3-4,7-12,14,18H,1-2,5-6,13,15H2,(H,29,32)/b23-12-. The summed E-state index contributed by atoms with van der Waals surface area (Å²) in [5.74, 6) is -0.381. The maximum Gasteiger partial charge on any atom is 0.293 e. The van der Waals surface area contributed by atoms with Gasteiger partial charge in [-0.1, -0.05) is 60.3 Å². The second-order valence-corrected chi connectivity index (χ2v) is 10.6. The summed E-state index contributed by atoms with van der Waals surface area (Å²) in [6.07, 6.45) is 7.96. The van der Waals surface area contributed by atoms with Gasteiger partial charge in [-0.3, -0.25) is 19.3 Å². The summed E-state index contributed by atoms with van der Waals surface area (Å²) >= 11 is 13.0. The molecule has 180 valence electrons. The van der Waals surface area contributed by atoms with Gasteiger partial charge in [0.15, 0.2) is 0 Å². The largest absolute Gasteiger partial charge is 0.352 e. The number of fused-ring (bicyclic) bond motifs is 1. The minimum absolute atomic E-state index is 0.0221. The van der Waals surface area contributed by atoms with Crippen molar-refractivity contribution < 1.29 is 14.4 Å². The van der Waals surface area contributed by atoms with Crippen molar-refractivity contribution >= 4 is 69.0 Å². The van der Waals surface area contributed by atoms with Crippen LogP contribution in [0.15, 0.2) is 53.6 Å². The number of imide groups is 1. The van der Waals surface area contributed by atoms with Crippen molar-refractivity contribution in [1.29, 1.82) is 0 Å². The van der Waals surface area contributed by atoms with Crippen molar-refractivity contribution in [3.05, 3.63) is 74.7 Å². The highest BCUT2D eigenvalue weighted by Crippen LogP contribution is 2.35. The number of hydrogen-bond donors (Lipinski definition) is 1. The molecule has 2 fully saturated rings. The van der Waals surface area contributed by atoms with Gasteiger partial charge in [0.05, 0.1) is 21.5 Å². The molecular formula is C26H23Cl2N3O3S. The van der Waals surface area contributed by atoms with Gasteiger partial charge in [-0.25, -0.2) is 0 Å². The number of amides is 3. The van der Waals surface area contributed by atoms with Crippen molar-refractivity contribution in [2.45, 2.75) is 44.8 Å². The number of aromatic nitrogens is 1. The van der Waals surface area contributed by atoms with Crippen molar-refractivity contribution in [2.24, 2.45) is 0 Å². The molecule has 1 aliphatic carbocycles. The summed E-state index contributed by atoms with van der Waals surface area (Å²) in [4.78, 5) is 39.9. The number of carbonyl (C=O) groups is 3. The van der Waals surface area contributed by atoms with E-state index in [0.717, 1.165) is 53.9 Å². The maximum atomic E-state index is 13.1. The summed E-state index contributed by atoms with van der Waals surface area (Å²) in [6.45, 7) is 0.311. The van der Waals surface area contributed by atoms with Crippen LogP contribution in [-0.4, -0.2) is 32.6 Å². The molecule has 2 aromatic carbocycles. The van der Waals surface area contributed by atoms with Crippen molar-refractivity contribution in [3.63, 3.8) is 0 Å². The number of thioether (sulfide) groups is 1. The molecule has 3 amide bonds. The zero-order chi connectivity index (χ0) is 24.5.